The second-order valence-corrected chi connectivity index (χ2v) is 2.93. The fraction of sp³-hybridized carbons (Fsp3) is 0.125. The van der Waals surface area contributed by atoms with E-state index in [0.717, 1.165) is 4.47 Å². The fourth-order valence-electron chi connectivity index (χ4n) is 0.671. The third-order valence-electron chi connectivity index (χ3n) is 1.15. The van der Waals surface area contributed by atoms with Gasteiger partial charge >= 0.3 is 5.97 Å². The Hall–Kier alpha value is -1.21. The van der Waals surface area contributed by atoms with Crippen LogP contribution in [0.4, 0.5) is 0 Å². The standard InChI is InChI=1S/C8H6BrNO2/c1-2-3-12-8(11)7-4-6(9)5-10-7/h1,4-5,10H,3H2. The van der Waals surface area contributed by atoms with Crippen LogP contribution >= 0.6 is 15.9 Å². The Kier molecular flexibility index (Phi) is 2.94. The van der Waals surface area contributed by atoms with Gasteiger partial charge in [-0.3, -0.25) is 0 Å². The summed E-state index contributed by atoms with van der Waals surface area (Å²) in [6.45, 7) is -0.00449. The maximum absolute atomic E-state index is 11.0. The number of hydrogen-bond donors (Lipinski definition) is 1. The molecule has 12 heavy (non-hydrogen) atoms. The minimum Gasteiger partial charge on any atom is -0.448 e. The largest absolute Gasteiger partial charge is 0.448 e. The molecule has 0 spiro atoms. The molecule has 1 aromatic heterocycles. The molecule has 0 atom stereocenters. The van der Waals surface area contributed by atoms with Gasteiger partial charge in [0.15, 0.2) is 6.61 Å². The predicted molar refractivity (Wildman–Crippen MR) is 47.6 cm³/mol. The van der Waals surface area contributed by atoms with E-state index in [9.17, 15) is 4.79 Å². The summed E-state index contributed by atoms with van der Waals surface area (Å²) in [6.07, 6.45) is 6.56. The van der Waals surface area contributed by atoms with E-state index in [1.807, 2.05) is 0 Å². The van der Waals surface area contributed by atoms with Crippen molar-refractivity contribution in [3.63, 3.8) is 0 Å². The van der Waals surface area contributed by atoms with E-state index >= 15 is 0 Å². The minimum absolute atomic E-state index is 0.00449. The molecule has 0 saturated heterocycles. The molecule has 1 heterocycles. The normalized spacial score (nSPS) is 9.00. The molecule has 3 nitrogen and oxygen atoms in total. The van der Waals surface area contributed by atoms with Gasteiger partial charge in [-0.05, 0) is 22.0 Å². The molecular formula is C8H6BrNO2. The summed E-state index contributed by atoms with van der Waals surface area (Å²) < 4.78 is 5.46. The van der Waals surface area contributed by atoms with Gasteiger partial charge in [0, 0.05) is 10.7 Å². The SMILES string of the molecule is C#CCOC(=O)c1cc(Br)c[nH]1. The average molecular weight is 228 g/mol. The highest BCUT2D eigenvalue weighted by atomic mass is 79.9. The second kappa shape index (κ2) is 3.98. The summed E-state index contributed by atoms with van der Waals surface area (Å²) in [7, 11) is 0. The highest BCUT2D eigenvalue weighted by Crippen LogP contribution is 2.10. The third kappa shape index (κ3) is 2.14. The highest BCUT2D eigenvalue weighted by molar-refractivity contribution is 9.10. The average Bonchev–Trinajstić information content (AvgIpc) is 2.47. The molecule has 0 radical (unpaired) electrons. The van der Waals surface area contributed by atoms with Crippen LogP contribution in [0.2, 0.25) is 0 Å². The van der Waals surface area contributed by atoms with Crippen LogP contribution in [0.1, 0.15) is 10.5 Å². The van der Waals surface area contributed by atoms with Crippen LogP contribution in [-0.2, 0) is 4.74 Å². The molecule has 1 N–H and O–H groups in total. The number of halogens is 1. The van der Waals surface area contributed by atoms with E-state index in [0.29, 0.717) is 5.69 Å². The number of carbonyl (C=O) groups is 1. The number of carbonyl (C=O) groups excluding carboxylic acids is 1. The van der Waals surface area contributed by atoms with Gasteiger partial charge in [0.1, 0.15) is 5.69 Å². The van der Waals surface area contributed by atoms with Crippen molar-refractivity contribution in [1.29, 1.82) is 0 Å². The van der Waals surface area contributed by atoms with Gasteiger partial charge in [-0.2, -0.15) is 0 Å². The van der Waals surface area contributed by atoms with E-state index in [1.165, 1.54) is 0 Å². The van der Waals surface area contributed by atoms with Gasteiger partial charge in [-0.25, -0.2) is 4.79 Å². The zero-order chi connectivity index (χ0) is 8.97. The van der Waals surface area contributed by atoms with Crippen molar-refractivity contribution in [2.45, 2.75) is 0 Å². The van der Waals surface area contributed by atoms with Crippen molar-refractivity contribution in [3.05, 3.63) is 22.4 Å². The molecule has 1 aromatic rings. The number of H-pyrrole nitrogens is 1. The van der Waals surface area contributed by atoms with Crippen molar-refractivity contribution in [2.24, 2.45) is 0 Å². The molecule has 0 aromatic carbocycles. The summed E-state index contributed by atoms with van der Waals surface area (Å²) in [5.41, 5.74) is 0.386. The summed E-state index contributed by atoms with van der Waals surface area (Å²) in [5, 5.41) is 0. The molecule has 0 bridgehead atoms. The van der Waals surface area contributed by atoms with Crippen LogP contribution in [0.3, 0.4) is 0 Å². The first kappa shape index (κ1) is 8.88. The maximum Gasteiger partial charge on any atom is 0.355 e. The van der Waals surface area contributed by atoms with Crippen molar-refractivity contribution in [3.8, 4) is 12.3 Å². The van der Waals surface area contributed by atoms with E-state index in [2.05, 4.69) is 31.6 Å². The van der Waals surface area contributed by atoms with Crippen molar-refractivity contribution in [1.82, 2.24) is 4.98 Å². The van der Waals surface area contributed by atoms with E-state index in [-0.39, 0.29) is 6.61 Å². The van der Waals surface area contributed by atoms with Gasteiger partial charge in [-0.15, -0.1) is 6.42 Å². The molecule has 62 valence electrons. The number of esters is 1. The van der Waals surface area contributed by atoms with Crippen molar-refractivity contribution < 1.29 is 9.53 Å². The zero-order valence-corrected chi connectivity index (χ0v) is 7.72. The lowest BCUT2D eigenvalue weighted by molar-refractivity contribution is 0.0551. The Morgan fingerprint density at radius 2 is 2.58 bits per heavy atom. The first-order valence-corrected chi connectivity index (χ1v) is 3.98. The van der Waals surface area contributed by atoms with Gasteiger partial charge in [0.2, 0.25) is 0 Å². The van der Waals surface area contributed by atoms with Crippen molar-refractivity contribution in [2.75, 3.05) is 6.61 Å². The molecule has 0 amide bonds. The Balaban J connectivity index is 2.61. The van der Waals surface area contributed by atoms with Crippen LogP contribution in [0.15, 0.2) is 16.7 Å². The Morgan fingerprint density at radius 3 is 3.08 bits per heavy atom. The topological polar surface area (TPSA) is 42.1 Å². The lowest BCUT2D eigenvalue weighted by Crippen LogP contribution is -2.05. The number of terminal acetylenes is 1. The maximum atomic E-state index is 11.0. The Bertz CT molecular complexity index is 324. The van der Waals surface area contributed by atoms with Gasteiger partial charge < -0.3 is 9.72 Å². The molecule has 0 aliphatic carbocycles. The molecule has 0 aliphatic rings. The van der Waals surface area contributed by atoms with E-state index < -0.39 is 5.97 Å². The Morgan fingerprint density at radius 1 is 1.83 bits per heavy atom. The minimum atomic E-state index is -0.446. The van der Waals surface area contributed by atoms with E-state index in [4.69, 9.17) is 6.42 Å². The van der Waals surface area contributed by atoms with Crippen LogP contribution in [0.25, 0.3) is 0 Å². The van der Waals surface area contributed by atoms with Gasteiger partial charge in [0.05, 0.1) is 0 Å². The first-order chi connectivity index (χ1) is 5.74. The van der Waals surface area contributed by atoms with Crippen LogP contribution in [-0.4, -0.2) is 17.6 Å². The molecule has 0 fully saturated rings. The van der Waals surface area contributed by atoms with Gasteiger partial charge in [-0.1, -0.05) is 5.92 Å². The lowest BCUT2D eigenvalue weighted by atomic mass is 10.4. The molecule has 1 rings (SSSR count). The first-order valence-electron chi connectivity index (χ1n) is 3.18. The number of ether oxygens (including phenoxy) is 1. The second-order valence-electron chi connectivity index (χ2n) is 2.01. The summed E-state index contributed by atoms with van der Waals surface area (Å²) in [6, 6.07) is 1.62. The van der Waals surface area contributed by atoms with Crippen molar-refractivity contribution >= 4 is 21.9 Å². The fourth-order valence-corrected chi connectivity index (χ4v) is 1.01. The monoisotopic (exact) mass is 227 g/mol. The number of hydrogen-bond acceptors (Lipinski definition) is 2. The Labute approximate surface area is 78.2 Å². The van der Waals surface area contributed by atoms with Crippen LogP contribution < -0.4 is 0 Å². The lowest BCUT2D eigenvalue weighted by Gasteiger charge is -1.95. The number of nitrogens with one attached hydrogen (secondary N) is 1. The third-order valence-corrected chi connectivity index (χ3v) is 1.61. The number of rotatable bonds is 2. The van der Waals surface area contributed by atoms with Crippen LogP contribution in [0, 0.1) is 12.3 Å². The zero-order valence-electron chi connectivity index (χ0n) is 6.13. The molecule has 0 unspecified atom stereocenters. The predicted octanol–water partition coefficient (Wildman–Crippen LogP) is 1.57. The van der Waals surface area contributed by atoms with Gasteiger partial charge in [0.25, 0.3) is 0 Å². The molecular weight excluding hydrogens is 222 g/mol. The number of aromatic amines is 1. The molecule has 0 saturated carbocycles. The summed E-state index contributed by atoms with van der Waals surface area (Å²) >= 11 is 3.19. The number of aromatic nitrogens is 1. The molecule has 0 aliphatic heterocycles. The van der Waals surface area contributed by atoms with Crippen LogP contribution in [0.5, 0.6) is 0 Å². The van der Waals surface area contributed by atoms with E-state index in [1.54, 1.807) is 12.3 Å². The quantitative estimate of drug-likeness (QED) is 0.616. The summed E-state index contributed by atoms with van der Waals surface area (Å²) in [4.78, 5) is 13.8. The smallest absolute Gasteiger partial charge is 0.355 e. The summed E-state index contributed by atoms with van der Waals surface area (Å²) in [5.74, 6) is 1.76. The molecule has 4 heteroatoms. The highest BCUT2D eigenvalue weighted by Gasteiger charge is 2.07.